The Morgan fingerprint density at radius 3 is 2.35 bits per heavy atom. The van der Waals surface area contributed by atoms with Crippen LogP contribution in [0.25, 0.3) is 0 Å². The number of carbonyl (C=O) groups is 1. The van der Waals surface area contributed by atoms with Crippen molar-refractivity contribution in [3.63, 3.8) is 0 Å². The van der Waals surface area contributed by atoms with Crippen molar-refractivity contribution in [1.29, 1.82) is 0 Å². The fraction of sp³-hybridized carbons (Fsp3) is 0.929. The molecule has 0 radical (unpaired) electrons. The van der Waals surface area contributed by atoms with Crippen molar-refractivity contribution in [1.82, 2.24) is 10.6 Å². The maximum atomic E-state index is 12.2. The van der Waals surface area contributed by atoms with E-state index >= 15 is 0 Å². The highest BCUT2D eigenvalue weighted by Gasteiger charge is 2.34. The van der Waals surface area contributed by atoms with E-state index in [4.69, 9.17) is 0 Å². The molecule has 0 saturated carbocycles. The highest BCUT2D eigenvalue weighted by atomic mass is 16.2. The number of amides is 1. The van der Waals surface area contributed by atoms with Crippen molar-refractivity contribution in [2.75, 3.05) is 13.1 Å². The molecule has 3 heteroatoms. The molecule has 1 fully saturated rings. The molecule has 0 aromatic carbocycles. The maximum Gasteiger partial charge on any atom is 0.226 e. The molecule has 17 heavy (non-hydrogen) atoms. The summed E-state index contributed by atoms with van der Waals surface area (Å²) in [6.45, 7) is 10.6. The summed E-state index contributed by atoms with van der Waals surface area (Å²) in [4.78, 5) is 12.2. The molecule has 0 aromatic rings. The van der Waals surface area contributed by atoms with E-state index in [1.165, 1.54) is 6.42 Å². The highest BCUT2D eigenvalue weighted by molar-refractivity contribution is 5.82. The lowest BCUT2D eigenvalue weighted by molar-refractivity contribution is -0.132. The molecule has 0 aromatic heterocycles. The quantitative estimate of drug-likeness (QED) is 0.774. The fourth-order valence-corrected chi connectivity index (χ4v) is 2.26. The zero-order chi connectivity index (χ0) is 12.9. The lowest BCUT2D eigenvalue weighted by Crippen LogP contribution is -2.48. The lowest BCUT2D eigenvalue weighted by Gasteiger charge is -2.33. The zero-order valence-corrected chi connectivity index (χ0v) is 11.8. The minimum Gasteiger partial charge on any atom is -0.353 e. The second-order valence-corrected chi connectivity index (χ2v) is 6.16. The van der Waals surface area contributed by atoms with Gasteiger partial charge in [0.05, 0.1) is 0 Å². The van der Waals surface area contributed by atoms with Gasteiger partial charge < -0.3 is 10.6 Å². The summed E-state index contributed by atoms with van der Waals surface area (Å²) in [5.41, 5.74) is -0.155. The topological polar surface area (TPSA) is 41.1 Å². The van der Waals surface area contributed by atoms with E-state index in [0.717, 1.165) is 32.4 Å². The Hall–Kier alpha value is -0.570. The first-order valence-electron chi connectivity index (χ1n) is 6.96. The highest BCUT2D eigenvalue weighted by Crippen LogP contribution is 2.28. The summed E-state index contributed by atoms with van der Waals surface area (Å²) < 4.78 is 0. The zero-order valence-electron chi connectivity index (χ0n) is 11.8. The van der Waals surface area contributed by atoms with Crippen molar-refractivity contribution in [3.8, 4) is 0 Å². The van der Waals surface area contributed by atoms with Crippen molar-refractivity contribution >= 4 is 5.91 Å². The van der Waals surface area contributed by atoms with Crippen LogP contribution in [0.4, 0.5) is 0 Å². The summed E-state index contributed by atoms with van der Waals surface area (Å²) in [7, 11) is 0. The predicted octanol–water partition coefficient (Wildman–Crippen LogP) is 2.32. The van der Waals surface area contributed by atoms with Crippen LogP contribution in [-0.2, 0) is 4.79 Å². The van der Waals surface area contributed by atoms with Crippen LogP contribution in [0.3, 0.4) is 0 Å². The molecule has 1 unspecified atom stereocenters. The molecule has 1 saturated heterocycles. The van der Waals surface area contributed by atoms with Crippen LogP contribution < -0.4 is 10.6 Å². The Morgan fingerprint density at radius 1 is 1.24 bits per heavy atom. The molecule has 1 heterocycles. The number of nitrogens with one attached hydrogen (secondary N) is 2. The Balaban J connectivity index is 2.36. The molecule has 1 amide bonds. The van der Waals surface area contributed by atoms with Gasteiger partial charge in [0.1, 0.15) is 0 Å². The molecule has 1 aliphatic rings. The van der Waals surface area contributed by atoms with Gasteiger partial charge in [-0.1, -0.05) is 20.8 Å². The smallest absolute Gasteiger partial charge is 0.226 e. The minimum absolute atomic E-state index is 0.155. The molecule has 3 nitrogen and oxygen atoms in total. The average Bonchev–Trinajstić information content (AvgIpc) is 2.27. The Labute approximate surface area is 106 Å². The van der Waals surface area contributed by atoms with Gasteiger partial charge in [-0.05, 0) is 51.6 Å². The molecular formula is C14H28N2O. The van der Waals surface area contributed by atoms with Gasteiger partial charge in [0.2, 0.25) is 5.91 Å². The van der Waals surface area contributed by atoms with Gasteiger partial charge in [0.25, 0.3) is 0 Å². The van der Waals surface area contributed by atoms with Crippen molar-refractivity contribution in [3.05, 3.63) is 0 Å². The van der Waals surface area contributed by atoms with E-state index < -0.39 is 0 Å². The largest absolute Gasteiger partial charge is 0.353 e. The van der Waals surface area contributed by atoms with Crippen LogP contribution in [-0.4, -0.2) is 25.0 Å². The molecule has 0 aliphatic carbocycles. The molecule has 0 bridgehead atoms. The first kappa shape index (κ1) is 14.5. The summed E-state index contributed by atoms with van der Waals surface area (Å²) in [6.07, 6.45) is 4.17. The number of hydrogen-bond donors (Lipinski definition) is 2. The standard InChI is InChI=1S/C14H28N2O/c1-11(2)5-6-12(3)16-13(17)14(4)7-9-15-10-8-14/h11-12,15H,5-10H2,1-4H3,(H,16,17). The van der Waals surface area contributed by atoms with Gasteiger partial charge in [-0.15, -0.1) is 0 Å². The van der Waals surface area contributed by atoms with Gasteiger partial charge in [0, 0.05) is 11.5 Å². The van der Waals surface area contributed by atoms with Crippen LogP contribution >= 0.6 is 0 Å². The fourth-order valence-electron chi connectivity index (χ4n) is 2.26. The molecule has 1 atom stereocenters. The second kappa shape index (κ2) is 6.39. The van der Waals surface area contributed by atoms with Gasteiger partial charge in [-0.2, -0.15) is 0 Å². The van der Waals surface area contributed by atoms with Crippen LogP contribution in [0, 0.1) is 11.3 Å². The first-order valence-corrected chi connectivity index (χ1v) is 6.96. The predicted molar refractivity (Wildman–Crippen MR) is 71.9 cm³/mol. The van der Waals surface area contributed by atoms with E-state index in [2.05, 4.69) is 38.3 Å². The molecular weight excluding hydrogens is 212 g/mol. The summed E-state index contributed by atoms with van der Waals surface area (Å²) in [5, 5.41) is 6.49. The average molecular weight is 240 g/mol. The third kappa shape index (κ3) is 4.66. The number of rotatable bonds is 5. The van der Waals surface area contributed by atoms with E-state index in [1.54, 1.807) is 0 Å². The number of piperidine rings is 1. The minimum atomic E-state index is -0.155. The molecule has 0 spiro atoms. The van der Waals surface area contributed by atoms with E-state index in [1.807, 2.05) is 0 Å². The van der Waals surface area contributed by atoms with Gasteiger partial charge in [-0.25, -0.2) is 0 Å². The van der Waals surface area contributed by atoms with Crippen molar-refractivity contribution in [2.45, 2.75) is 59.4 Å². The van der Waals surface area contributed by atoms with Gasteiger partial charge >= 0.3 is 0 Å². The molecule has 2 N–H and O–H groups in total. The Bertz CT molecular complexity index is 245. The summed E-state index contributed by atoms with van der Waals surface area (Å²) in [5.74, 6) is 0.957. The van der Waals surface area contributed by atoms with Crippen LogP contribution in [0.5, 0.6) is 0 Å². The van der Waals surface area contributed by atoms with Crippen LogP contribution in [0.15, 0.2) is 0 Å². The third-order valence-corrected chi connectivity index (χ3v) is 3.81. The summed E-state index contributed by atoms with van der Waals surface area (Å²) >= 11 is 0. The van der Waals surface area contributed by atoms with Gasteiger partial charge in [0.15, 0.2) is 0 Å². The third-order valence-electron chi connectivity index (χ3n) is 3.81. The van der Waals surface area contributed by atoms with Crippen molar-refractivity contribution in [2.24, 2.45) is 11.3 Å². The monoisotopic (exact) mass is 240 g/mol. The van der Waals surface area contributed by atoms with E-state index in [-0.39, 0.29) is 11.3 Å². The van der Waals surface area contributed by atoms with Crippen LogP contribution in [0.1, 0.15) is 53.4 Å². The number of hydrogen-bond acceptors (Lipinski definition) is 2. The molecule has 1 rings (SSSR count). The van der Waals surface area contributed by atoms with E-state index in [0.29, 0.717) is 12.0 Å². The summed E-state index contributed by atoms with van der Waals surface area (Å²) in [6, 6.07) is 0.302. The first-order chi connectivity index (χ1) is 7.94. The van der Waals surface area contributed by atoms with Crippen LogP contribution in [0.2, 0.25) is 0 Å². The maximum absolute atomic E-state index is 12.2. The van der Waals surface area contributed by atoms with Crippen molar-refractivity contribution < 1.29 is 4.79 Å². The lowest BCUT2D eigenvalue weighted by atomic mass is 9.80. The Morgan fingerprint density at radius 2 is 1.82 bits per heavy atom. The molecule has 100 valence electrons. The number of carbonyl (C=O) groups excluding carboxylic acids is 1. The Kier molecular flexibility index (Phi) is 5.44. The van der Waals surface area contributed by atoms with E-state index in [9.17, 15) is 4.79 Å². The normalized spacial score (nSPS) is 21.2. The second-order valence-electron chi connectivity index (χ2n) is 6.16. The SMILES string of the molecule is CC(C)CCC(C)NC(=O)C1(C)CCNCC1. The molecule has 1 aliphatic heterocycles. The van der Waals surface area contributed by atoms with Gasteiger partial charge in [-0.3, -0.25) is 4.79 Å².